The Morgan fingerprint density at radius 3 is 1.60 bits per heavy atom. The Morgan fingerprint density at radius 1 is 0.681 bits per heavy atom. The van der Waals surface area contributed by atoms with Gasteiger partial charge in [-0.05, 0) is 47.1 Å². The van der Waals surface area contributed by atoms with E-state index in [1.165, 1.54) is 55.3 Å². The van der Waals surface area contributed by atoms with Crippen molar-refractivity contribution in [3.63, 3.8) is 0 Å². The Balaban J connectivity index is 0.000000528. The van der Waals surface area contributed by atoms with Gasteiger partial charge in [0.15, 0.2) is 0 Å². The van der Waals surface area contributed by atoms with Crippen LogP contribution in [0.3, 0.4) is 0 Å². The maximum absolute atomic E-state index is 4.46. The molecule has 0 fully saturated rings. The van der Waals surface area contributed by atoms with Gasteiger partial charge in [0.1, 0.15) is 5.69 Å². The van der Waals surface area contributed by atoms with E-state index in [-0.39, 0.29) is 27.8 Å². The molecule has 1 heterocycles. The van der Waals surface area contributed by atoms with Gasteiger partial charge in [0, 0.05) is 5.56 Å². The summed E-state index contributed by atoms with van der Waals surface area (Å²) in [5.41, 5.74) is 15.3. The summed E-state index contributed by atoms with van der Waals surface area (Å²) in [6.45, 7) is 18.5. The van der Waals surface area contributed by atoms with Crippen LogP contribution in [0.1, 0.15) is 59.2 Å². The van der Waals surface area contributed by atoms with Gasteiger partial charge in [-0.15, -0.1) is 17.2 Å². The van der Waals surface area contributed by atoms with Gasteiger partial charge in [0.05, 0.1) is 12.7 Å². The van der Waals surface area contributed by atoms with Gasteiger partial charge in [0.2, 0.25) is 6.71 Å². The minimum absolute atomic E-state index is 0. The molecule has 2 unspecified atom stereocenters. The fraction of sp³-hybridized carbons (Fsp3) is 0.350. The first-order valence-electron chi connectivity index (χ1n) is 16.4. The molecular weight excluding hydrogens is 756 g/mol. The Kier molecular flexibility index (Phi) is 14.4. The van der Waals surface area contributed by atoms with Crippen LogP contribution in [0.5, 0.6) is 0 Å². The predicted octanol–water partition coefficient (Wildman–Crippen LogP) is 7.52. The van der Waals surface area contributed by atoms with Crippen LogP contribution < -0.4 is 16.4 Å². The molecule has 47 heavy (non-hydrogen) atoms. The van der Waals surface area contributed by atoms with Crippen molar-refractivity contribution >= 4 is 23.1 Å². The second-order valence-corrected chi connectivity index (χ2v) is 12.9. The van der Waals surface area contributed by atoms with Gasteiger partial charge in [0.25, 0.3) is 0 Å². The number of nitrogens with zero attached hydrogens (tertiary/aromatic N) is 5. The number of benzene rings is 4. The second kappa shape index (κ2) is 17.7. The molecule has 0 N–H and O–H groups in total. The van der Waals surface area contributed by atoms with E-state index in [9.17, 15) is 0 Å². The number of aryl methyl sites for hydroxylation is 6. The number of aromatic nitrogens is 3. The maximum Gasteiger partial charge on any atom is 2.00 e. The van der Waals surface area contributed by atoms with Crippen molar-refractivity contribution in [3.8, 4) is 11.3 Å². The molecule has 0 saturated carbocycles. The minimum atomic E-state index is 0. The normalized spacial score (nSPS) is 12.0. The van der Waals surface area contributed by atoms with Gasteiger partial charge in [-0.3, -0.25) is 0 Å². The molecule has 0 amide bonds. The molecule has 248 valence electrons. The van der Waals surface area contributed by atoms with E-state index in [2.05, 4.69) is 149 Å². The molecule has 5 nitrogen and oxygen atoms in total. The molecular formula is C40H50BN5Pt. The van der Waals surface area contributed by atoms with Crippen LogP contribution >= 0.6 is 0 Å². The van der Waals surface area contributed by atoms with Crippen LogP contribution in [-0.2, 0) is 27.6 Å². The first-order chi connectivity index (χ1) is 22.0. The molecule has 0 aliphatic heterocycles. The standard InChI is InChI=1S/C33H34BN3.C7H16N2.Pt/c1-22-16-24(3)32(25(4)17-22)34(33-26(5)18-23(2)19-27(33)6)30-14-12-29(13-15-30)31-21-37(36-35-31)20-28-10-8-7-9-11-28;1-6(8-3)5-7(2)9-4;/h7-19,21H,20H2,1-6H3;6-7H,5H2,1-4H3;/q;-2;+2. The van der Waals surface area contributed by atoms with Gasteiger partial charge < -0.3 is 10.6 Å². The van der Waals surface area contributed by atoms with Crippen molar-refractivity contribution < 1.29 is 21.1 Å². The van der Waals surface area contributed by atoms with Crippen molar-refractivity contribution in [2.24, 2.45) is 0 Å². The summed E-state index contributed by atoms with van der Waals surface area (Å²) in [4.78, 5) is 0. The Hall–Kier alpha value is -3.31. The van der Waals surface area contributed by atoms with E-state index >= 15 is 0 Å². The average molecular weight is 807 g/mol. The van der Waals surface area contributed by atoms with Crippen LogP contribution in [0.4, 0.5) is 0 Å². The van der Waals surface area contributed by atoms with E-state index in [1.54, 1.807) is 0 Å². The monoisotopic (exact) mass is 806 g/mol. The third-order valence-electron chi connectivity index (χ3n) is 8.88. The zero-order valence-electron chi connectivity index (χ0n) is 29.8. The molecule has 0 bridgehead atoms. The Morgan fingerprint density at radius 2 is 1.15 bits per heavy atom. The van der Waals surface area contributed by atoms with Gasteiger partial charge >= 0.3 is 21.1 Å². The van der Waals surface area contributed by atoms with Crippen LogP contribution in [0.15, 0.2) is 85.1 Å². The molecule has 0 radical (unpaired) electrons. The topological polar surface area (TPSA) is 58.9 Å². The first-order valence-corrected chi connectivity index (χ1v) is 16.4. The molecule has 1 aromatic heterocycles. The minimum Gasteiger partial charge on any atom is -0.663 e. The largest absolute Gasteiger partial charge is 2.00 e. The molecule has 2 atom stereocenters. The Labute approximate surface area is 298 Å². The molecule has 5 rings (SSSR count). The van der Waals surface area contributed by atoms with Crippen LogP contribution in [0.25, 0.3) is 21.9 Å². The second-order valence-electron chi connectivity index (χ2n) is 12.9. The predicted molar refractivity (Wildman–Crippen MR) is 199 cm³/mol. The van der Waals surface area contributed by atoms with Crippen molar-refractivity contribution in [2.45, 2.75) is 80.4 Å². The van der Waals surface area contributed by atoms with Crippen molar-refractivity contribution in [3.05, 3.63) is 135 Å². The average Bonchev–Trinajstić information content (AvgIpc) is 3.48. The summed E-state index contributed by atoms with van der Waals surface area (Å²) in [5.74, 6) is 0. The molecule has 0 spiro atoms. The van der Waals surface area contributed by atoms with E-state index in [0.29, 0.717) is 18.6 Å². The fourth-order valence-corrected chi connectivity index (χ4v) is 6.60. The number of hydrogen-bond donors (Lipinski definition) is 0. The molecule has 4 aromatic carbocycles. The van der Waals surface area contributed by atoms with E-state index < -0.39 is 0 Å². The Bertz CT molecular complexity index is 1600. The number of rotatable bonds is 10. The zero-order valence-corrected chi connectivity index (χ0v) is 32.1. The van der Waals surface area contributed by atoms with Crippen LogP contribution in [0.2, 0.25) is 0 Å². The fourth-order valence-electron chi connectivity index (χ4n) is 6.60. The molecule has 0 aliphatic rings. The van der Waals surface area contributed by atoms with E-state index in [0.717, 1.165) is 17.7 Å². The summed E-state index contributed by atoms with van der Waals surface area (Å²) >= 11 is 0. The summed E-state index contributed by atoms with van der Waals surface area (Å²) in [7, 11) is 3.71. The first kappa shape index (κ1) is 38.1. The quantitative estimate of drug-likeness (QED) is 0.137. The smallest absolute Gasteiger partial charge is 0.663 e. The van der Waals surface area contributed by atoms with Gasteiger partial charge in [-0.2, -0.15) is 14.1 Å². The summed E-state index contributed by atoms with van der Waals surface area (Å²) in [5, 5.41) is 17.1. The number of hydrogen-bond acceptors (Lipinski definition) is 2. The van der Waals surface area contributed by atoms with E-state index in [4.69, 9.17) is 0 Å². The third-order valence-corrected chi connectivity index (χ3v) is 8.88. The SMILES string of the molecule is C[N-]C(C)CC(C)[N-]C.Cc1cc(C)c(B(c2ccc(-c3cn(Cc4ccccc4)nn3)cc2)c2c(C)cc(C)cc2C)c(C)c1.[Pt+2]. The zero-order chi connectivity index (χ0) is 33.4. The van der Waals surface area contributed by atoms with Crippen LogP contribution in [0, 0.1) is 41.5 Å². The van der Waals surface area contributed by atoms with Gasteiger partial charge in [-0.1, -0.05) is 154 Å². The van der Waals surface area contributed by atoms with Crippen molar-refractivity contribution in [1.82, 2.24) is 15.0 Å². The van der Waals surface area contributed by atoms with E-state index in [1.807, 2.05) is 31.0 Å². The molecule has 5 aromatic rings. The summed E-state index contributed by atoms with van der Waals surface area (Å²) in [6, 6.07) is 29.5. The summed E-state index contributed by atoms with van der Waals surface area (Å²) in [6.07, 6.45) is 3.11. The maximum atomic E-state index is 4.46. The molecule has 0 saturated heterocycles. The molecule has 0 aliphatic carbocycles. The summed E-state index contributed by atoms with van der Waals surface area (Å²) < 4.78 is 1.90. The van der Waals surface area contributed by atoms with Crippen molar-refractivity contribution in [1.29, 1.82) is 0 Å². The van der Waals surface area contributed by atoms with Gasteiger partial charge in [-0.25, -0.2) is 4.68 Å². The van der Waals surface area contributed by atoms with Crippen LogP contribution in [-0.4, -0.2) is 47.9 Å². The van der Waals surface area contributed by atoms with Crippen molar-refractivity contribution in [2.75, 3.05) is 14.1 Å². The third kappa shape index (κ3) is 10.1. The molecule has 7 heteroatoms.